The highest BCUT2D eigenvalue weighted by atomic mass is 16.5. The molecule has 0 aliphatic carbocycles. The standard InChI is InChI=1S/C21H26N6O2/c1-29-20(16-5-3-2-4-6-16)21(28)24-19-8-12-23-27(19)18-9-13-26(14-10-18)15-17-7-11-22-25-17/h2-8,11-12,18,20H,9-10,13-15H2,1H3,(H,22,25)(H,24,28)/t20-/m1/s1. The Balaban J connectivity index is 1.38. The lowest BCUT2D eigenvalue weighted by molar-refractivity contribution is -0.126. The summed E-state index contributed by atoms with van der Waals surface area (Å²) in [5, 5.41) is 14.5. The van der Waals surface area contributed by atoms with E-state index >= 15 is 0 Å². The molecule has 1 aromatic carbocycles. The summed E-state index contributed by atoms with van der Waals surface area (Å²) in [5.74, 6) is 0.511. The number of nitrogens with one attached hydrogen (secondary N) is 2. The number of rotatable bonds is 7. The molecule has 2 N–H and O–H groups in total. The van der Waals surface area contributed by atoms with Crippen LogP contribution in [0.4, 0.5) is 5.82 Å². The second kappa shape index (κ2) is 9.02. The summed E-state index contributed by atoms with van der Waals surface area (Å²) < 4.78 is 7.37. The molecular formula is C21H26N6O2. The molecular weight excluding hydrogens is 368 g/mol. The third-order valence-corrected chi connectivity index (χ3v) is 5.35. The molecule has 0 spiro atoms. The first-order chi connectivity index (χ1) is 14.2. The second-order valence-corrected chi connectivity index (χ2v) is 7.27. The molecule has 1 aliphatic heterocycles. The van der Waals surface area contributed by atoms with Crippen molar-refractivity contribution in [2.24, 2.45) is 0 Å². The van der Waals surface area contributed by atoms with Gasteiger partial charge in [-0.1, -0.05) is 30.3 Å². The van der Waals surface area contributed by atoms with E-state index in [0.717, 1.165) is 43.7 Å². The van der Waals surface area contributed by atoms with E-state index < -0.39 is 6.10 Å². The number of carbonyl (C=O) groups excluding carboxylic acids is 1. The Morgan fingerprint density at radius 3 is 2.69 bits per heavy atom. The van der Waals surface area contributed by atoms with Crippen LogP contribution in [0.1, 0.15) is 36.2 Å². The van der Waals surface area contributed by atoms with Gasteiger partial charge >= 0.3 is 0 Å². The topological polar surface area (TPSA) is 88.1 Å². The summed E-state index contributed by atoms with van der Waals surface area (Å²) >= 11 is 0. The zero-order valence-corrected chi connectivity index (χ0v) is 16.5. The maximum Gasteiger partial charge on any atom is 0.259 e. The van der Waals surface area contributed by atoms with Gasteiger partial charge in [-0.3, -0.25) is 14.8 Å². The SMILES string of the molecule is CO[C@@H](C(=O)Nc1ccnn1C1CCN(Cc2ccn[nH]2)CC1)c1ccccc1. The molecule has 1 fully saturated rings. The fourth-order valence-corrected chi connectivity index (χ4v) is 3.85. The molecule has 0 bridgehead atoms. The van der Waals surface area contributed by atoms with Gasteiger partial charge in [0, 0.05) is 44.7 Å². The van der Waals surface area contributed by atoms with Crippen molar-refractivity contribution in [1.82, 2.24) is 24.9 Å². The summed E-state index contributed by atoms with van der Waals surface area (Å²) in [6.45, 7) is 2.82. The Kier molecular flexibility index (Phi) is 6.02. The summed E-state index contributed by atoms with van der Waals surface area (Å²) in [4.78, 5) is 15.2. The second-order valence-electron chi connectivity index (χ2n) is 7.27. The van der Waals surface area contributed by atoms with E-state index in [2.05, 4.69) is 25.5 Å². The number of piperidine rings is 1. The van der Waals surface area contributed by atoms with Crippen LogP contribution in [0.5, 0.6) is 0 Å². The first-order valence-corrected chi connectivity index (χ1v) is 9.87. The predicted octanol–water partition coefficient (Wildman–Crippen LogP) is 2.77. The molecule has 0 saturated carbocycles. The van der Waals surface area contributed by atoms with Gasteiger partial charge in [-0.2, -0.15) is 10.2 Å². The molecule has 1 atom stereocenters. The van der Waals surface area contributed by atoms with Gasteiger partial charge < -0.3 is 10.1 Å². The normalized spacial score (nSPS) is 16.6. The molecule has 4 rings (SSSR count). The number of hydrogen-bond donors (Lipinski definition) is 2. The van der Waals surface area contributed by atoms with E-state index in [1.807, 2.05) is 47.1 Å². The van der Waals surface area contributed by atoms with Crippen molar-refractivity contribution < 1.29 is 9.53 Å². The van der Waals surface area contributed by atoms with Gasteiger partial charge in [0.2, 0.25) is 0 Å². The molecule has 3 aromatic rings. The van der Waals surface area contributed by atoms with E-state index in [4.69, 9.17) is 4.74 Å². The lowest BCUT2D eigenvalue weighted by Crippen LogP contribution is -2.35. The highest BCUT2D eigenvalue weighted by Gasteiger charge is 2.25. The quantitative estimate of drug-likeness (QED) is 0.643. The number of hydrogen-bond acceptors (Lipinski definition) is 5. The van der Waals surface area contributed by atoms with Crippen LogP contribution in [-0.4, -0.2) is 51.0 Å². The summed E-state index contributed by atoms with van der Waals surface area (Å²) in [7, 11) is 1.55. The van der Waals surface area contributed by atoms with Crippen molar-refractivity contribution in [2.75, 3.05) is 25.5 Å². The van der Waals surface area contributed by atoms with Crippen LogP contribution in [0.3, 0.4) is 0 Å². The van der Waals surface area contributed by atoms with Crippen LogP contribution in [0.15, 0.2) is 54.9 Å². The number of methoxy groups -OCH3 is 1. The number of ether oxygens (including phenoxy) is 1. The molecule has 0 radical (unpaired) electrons. The molecule has 1 aliphatic rings. The van der Waals surface area contributed by atoms with Gasteiger partial charge in [-0.15, -0.1) is 0 Å². The Morgan fingerprint density at radius 1 is 1.21 bits per heavy atom. The Bertz CT molecular complexity index is 900. The maximum absolute atomic E-state index is 12.8. The van der Waals surface area contributed by atoms with E-state index in [0.29, 0.717) is 5.82 Å². The third kappa shape index (κ3) is 4.55. The molecule has 8 heteroatoms. The van der Waals surface area contributed by atoms with Crippen LogP contribution in [0, 0.1) is 0 Å². The molecule has 152 valence electrons. The minimum atomic E-state index is -0.657. The summed E-state index contributed by atoms with van der Waals surface area (Å²) in [6, 6.07) is 13.6. The molecule has 29 heavy (non-hydrogen) atoms. The number of aromatic nitrogens is 4. The maximum atomic E-state index is 12.8. The first-order valence-electron chi connectivity index (χ1n) is 9.87. The molecule has 3 heterocycles. The average molecular weight is 394 g/mol. The van der Waals surface area contributed by atoms with Crippen LogP contribution in [-0.2, 0) is 16.1 Å². The van der Waals surface area contributed by atoms with Crippen LogP contribution in [0.25, 0.3) is 0 Å². The lowest BCUT2D eigenvalue weighted by atomic mass is 10.0. The van der Waals surface area contributed by atoms with E-state index in [9.17, 15) is 4.79 Å². The van der Waals surface area contributed by atoms with Crippen LogP contribution >= 0.6 is 0 Å². The van der Waals surface area contributed by atoms with Crippen molar-refractivity contribution >= 4 is 11.7 Å². The van der Waals surface area contributed by atoms with E-state index in [1.54, 1.807) is 19.5 Å². The van der Waals surface area contributed by atoms with Gasteiger partial charge in [0.25, 0.3) is 5.91 Å². The Morgan fingerprint density at radius 2 is 2.00 bits per heavy atom. The molecule has 0 unspecified atom stereocenters. The van der Waals surface area contributed by atoms with Gasteiger partial charge in [-0.05, 0) is 24.5 Å². The van der Waals surface area contributed by atoms with Gasteiger partial charge in [0.15, 0.2) is 6.10 Å². The minimum Gasteiger partial charge on any atom is -0.367 e. The highest BCUT2D eigenvalue weighted by molar-refractivity contribution is 5.94. The molecule has 2 aromatic heterocycles. The summed E-state index contributed by atoms with van der Waals surface area (Å²) in [6.07, 6.45) is 4.81. The number of carbonyl (C=O) groups is 1. The zero-order chi connectivity index (χ0) is 20.1. The van der Waals surface area contributed by atoms with Gasteiger partial charge in [0.1, 0.15) is 5.82 Å². The monoisotopic (exact) mass is 394 g/mol. The number of anilines is 1. The highest BCUT2D eigenvalue weighted by Crippen LogP contribution is 2.27. The third-order valence-electron chi connectivity index (χ3n) is 5.35. The van der Waals surface area contributed by atoms with Gasteiger partial charge in [0.05, 0.1) is 12.2 Å². The average Bonchev–Trinajstić information content (AvgIpc) is 3.42. The summed E-state index contributed by atoms with van der Waals surface area (Å²) in [5.41, 5.74) is 1.95. The lowest BCUT2D eigenvalue weighted by Gasteiger charge is -2.32. The number of aromatic amines is 1. The molecule has 1 saturated heterocycles. The smallest absolute Gasteiger partial charge is 0.259 e. The zero-order valence-electron chi connectivity index (χ0n) is 16.5. The van der Waals surface area contributed by atoms with Crippen LogP contribution < -0.4 is 5.32 Å². The van der Waals surface area contributed by atoms with Crippen LogP contribution in [0.2, 0.25) is 0 Å². The van der Waals surface area contributed by atoms with Crippen molar-refractivity contribution in [2.45, 2.75) is 31.5 Å². The van der Waals surface area contributed by atoms with Crippen molar-refractivity contribution in [3.63, 3.8) is 0 Å². The fraction of sp³-hybridized carbons (Fsp3) is 0.381. The number of nitrogens with zero attached hydrogens (tertiary/aromatic N) is 4. The Hall–Kier alpha value is -2.97. The fourth-order valence-electron chi connectivity index (χ4n) is 3.85. The largest absolute Gasteiger partial charge is 0.367 e. The van der Waals surface area contributed by atoms with E-state index in [1.165, 1.54) is 0 Å². The number of amides is 1. The van der Waals surface area contributed by atoms with E-state index in [-0.39, 0.29) is 11.9 Å². The predicted molar refractivity (Wildman–Crippen MR) is 109 cm³/mol. The number of benzene rings is 1. The van der Waals surface area contributed by atoms with Crippen molar-refractivity contribution in [3.8, 4) is 0 Å². The van der Waals surface area contributed by atoms with Crippen molar-refractivity contribution in [3.05, 3.63) is 66.1 Å². The van der Waals surface area contributed by atoms with Crippen molar-refractivity contribution in [1.29, 1.82) is 0 Å². The number of likely N-dealkylation sites (tertiary alicyclic amines) is 1. The Labute approximate surface area is 169 Å². The first kappa shape index (κ1) is 19.4. The molecule has 1 amide bonds. The number of H-pyrrole nitrogens is 1. The molecule has 8 nitrogen and oxygen atoms in total. The van der Waals surface area contributed by atoms with Gasteiger partial charge in [-0.25, -0.2) is 4.68 Å². The minimum absolute atomic E-state index is 0.197.